The van der Waals surface area contributed by atoms with E-state index < -0.39 is 47.6 Å². The van der Waals surface area contributed by atoms with Crippen molar-refractivity contribution in [1.29, 1.82) is 0 Å². The second-order valence-corrected chi connectivity index (χ2v) is 9.59. The summed E-state index contributed by atoms with van der Waals surface area (Å²) in [6, 6.07) is 15.2. The summed E-state index contributed by atoms with van der Waals surface area (Å²) >= 11 is 0. The number of fused-ring (bicyclic) bond motifs is 1. The molecule has 5 rings (SSSR count). The molecule has 0 amide bonds. The largest absolute Gasteiger partial charge is 0.463 e. The van der Waals surface area contributed by atoms with Crippen LogP contribution < -0.4 is 22.8 Å². The molecule has 1 saturated carbocycles. The highest BCUT2D eigenvalue weighted by Gasteiger charge is 2.43. The van der Waals surface area contributed by atoms with E-state index in [1.807, 2.05) is 12.1 Å². The van der Waals surface area contributed by atoms with Crippen LogP contribution in [0.4, 0.5) is 5.95 Å². The number of anilines is 1. The van der Waals surface area contributed by atoms with Gasteiger partial charge in [0, 0.05) is 6.42 Å². The van der Waals surface area contributed by atoms with E-state index in [9.17, 15) is 14.4 Å². The molecule has 1 aliphatic rings. The molecule has 42 heavy (non-hydrogen) atoms. The zero-order chi connectivity index (χ0) is 28.4. The molecule has 7 N–H and O–H groups in total. The number of hydrogen-bond donors (Lipinski definition) is 4. The third-order valence-corrected chi connectivity index (χ3v) is 7.09. The van der Waals surface area contributed by atoms with Gasteiger partial charge >= 0.3 is 11.9 Å². The zero-order valence-electron chi connectivity index (χ0n) is 22.3. The molecule has 2 aromatic heterocycles. The maximum absolute atomic E-state index is 13.1. The van der Waals surface area contributed by atoms with Gasteiger partial charge in [-0.3, -0.25) is 9.78 Å². The third-order valence-electron chi connectivity index (χ3n) is 7.09. The Kier molecular flexibility index (Phi) is 10.5. The maximum Gasteiger partial charge on any atom is 0.327 e. The summed E-state index contributed by atoms with van der Waals surface area (Å²) in [6.45, 7) is 4.08. The van der Waals surface area contributed by atoms with Gasteiger partial charge in [0.1, 0.15) is 24.8 Å². The quantitative estimate of drug-likeness (QED) is 0.169. The number of rotatable bonds is 8. The maximum atomic E-state index is 13.1. The van der Waals surface area contributed by atoms with Gasteiger partial charge in [-0.15, -0.1) is 24.8 Å². The SMILES string of the molecule is C=C1[C@H](COC(=O)[C@H](N)c2ccccc2)[C@@H](OC(=O)[C@H](N)c2ccccc2)C[C@@H]1n1cnc2c(=O)[nH]c(N)nc21.Cl.Cl. The van der Waals surface area contributed by atoms with Crippen LogP contribution in [0.25, 0.3) is 11.2 Å². The summed E-state index contributed by atoms with van der Waals surface area (Å²) in [5.41, 5.74) is 19.7. The van der Waals surface area contributed by atoms with E-state index in [0.29, 0.717) is 16.7 Å². The molecule has 14 heteroatoms. The molecule has 0 saturated heterocycles. The minimum absolute atomic E-state index is 0. The number of H-pyrrole nitrogens is 1. The first-order valence-electron chi connectivity index (χ1n) is 12.6. The van der Waals surface area contributed by atoms with E-state index >= 15 is 0 Å². The van der Waals surface area contributed by atoms with Gasteiger partial charge in [-0.1, -0.05) is 67.2 Å². The number of hydrogen-bond acceptors (Lipinski definition) is 10. The van der Waals surface area contributed by atoms with Crippen LogP contribution >= 0.6 is 24.8 Å². The number of aromatic nitrogens is 4. The van der Waals surface area contributed by atoms with E-state index in [0.717, 1.165) is 0 Å². The molecular formula is C28H31Cl2N7O5. The van der Waals surface area contributed by atoms with Crippen molar-refractivity contribution in [3.8, 4) is 0 Å². The van der Waals surface area contributed by atoms with Crippen LogP contribution in [0.1, 0.15) is 35.7 Å². The standard InChI is InChI=1S/C28H29N7O5.2ClH/c1-15-18(13-39-26(37)21(29)16-8-4-2-5-9-16)20(40-27(38)22(30)17-10-6-3-7-11-17)12-19(15)35-14-32-23-24(35)33-28(31)34-25(23)36;;/h2-11,14,18-22H,1,12-13,29-30H2,(H3,31,33,34,36);2*1H/t18-,19-,20-,21+,22+;;/m0../s1. The van der Waals surface area contributed by atoms with Gasteiger partial charge in [-0.05, 0) is 16.7 Å². The van der Waals surface area contributed by atoms with Crippen molar-refractivity contribution >= 4 is 53.9 Å². The average Bonchev–Trinajstić information content (AvgIpc) is 3.52. The van der Waals surface area contributed by atoms with Crippen molar-refractivity contribution in [3.05, 3.63) is 101 Å². The molecule has 0 bridgehead atoms. The summed E-state index contributed by atoms with van der Waals surface area (Å²) in [7, 11) is 0. The minimum atomic E-state index is -1.02. The fourth-order valence-corrected chi connectivity index (χ4v) is 4.91. The number of imidazole rings is 1. The van der Waals surface area contributed by atoms with Gasteiger partial charge in [0.25, 0.3) is 5.56 Å². The number of benzene rings is 2. The number of nitrogens with two attached hydrogens (primary N) is 3. The molecule has 1 aliphatic carbocycles. The fraction of sp³-hybridized carbons (Fsp3) is 0.250. The van der Waals surface area contributed by atoms with Crippen molar-refractivity contribution in [2.24, 2.45) is 17.4 Å². The van der Waals surface area contributed by atoms with Gasteiger partial charge in [-0.25, -0.2) is 14.6 Å². The Morgan fingerprint density at radius 3 is 2.17 bits per heavy atom. The molecule has 0 spiro atoms. The van der Waals surface area contributed by atoms with Crippen LogP contribution in [0.5, 0.6) is 0 Å². The van der Waals surface area contributed by atoms with Crippen molar-refractivity contribution in [2.75, 3.05) is 12.3 Å². The number of esters is 2. The van der Waals surface area contributed by atoms with Crippen LogP contribution in [0.2, 0.25) is 0 Å². The molecule has 0 unspecified atom stereocenters. The number of aromatic amines is 1. The fourth-order valence-electron chi connectivity index (χ4n) is 4.91. The van der Waals surface area contributed by atoms with Gasteiger partial charge in [0.05, 0.1) is 18.3 Å². The summed E-state index contributed by atoms with van der Waals surface area (Å²) in [5, 5.41) is 0. The predicted molar refractivity (Wildman–Crippen MR) is 161 cm³/mol. The number of halogens is 2. The van der Waals surface area contributed by atoms with Crippen LogP contribution in [-0.4, -0.2) is 44.2 Å². The van der Waals surface area contributed by atoms with Gasteiger partial charge in [-0.2, -0.15) is 4.98 Å². The van der Waals surface area contributed by atoms with Gasteiger partial charge < -0.3 is 31.2 Å². The molecule has 2 heterocycles. The number of ether oxygens (including phenoxy) is 2. The first-order chi connectivity index (χ1) is 19.2. The minimum Gasteiger partial charge on any atom is -0.463 e. The van der Waals surface area contributed by atoms with Crippen LogP contribution in [-0.2, 0) is 19.1 Å². The Morgan fingerprint density at radius 2 is 1.57 bits per heavy atom. The highest BCUT2D eigenvalue weighted by Crippen LogP contribution is 2.42. The van der Waals surface area contributed by atoms with Crippen LogP contribution in [0.3, 0.4) is 0 Å². The topological polar surface area (TPSA) is 194 Å². The summed E-state index contributed by atoms with van der Waals surface area (Å²) in [5.74, 6) is -1.94. The summed E-state index contributed by atoms with van der Waals surface area (Å²) in [4.78, 5) is 49.0. The summed E-state index contributed by atoms with van der Waals surface area (Å²) in [6.07, 6.45) is 0.951. The highest BCUT2D eigenvalue weighted by atomic mass is 35.5. The normalized spacial score (nSPS) is 19.3. The Morgan fingerprint density at radius 1 is 1.00 bits per heavy atom. The van der Waals surface area contributed by atoms with E-state index in [-0.39, 0.29) is 55.0 Å². The average molecular weight is 617 g/mol. The Bertz CT molecular complexity index is 1610. The second-order valence-electron chi connectivity index (χ2n) is 9.59. The lowest BCUT2D eigenvalue weighted by Gasteiger charge is -2.23. The Balaban J connectivity index is 0.00000242. The first kappa shape index (κ1) is 32.3. The van der Waals surface area contributed by atoms with Crippen molar-refractivity contribution in [2.45, 2.75) is 30.7 Å². The van der Waals surface area contributed by atoms with Gasteiger partial charge in [0.15, 0.2) is 11.2 Å². The number of nitrogen functional groups attached to an aromatic ring is 1. The molecule has 2 aromatic carbocycles. The van der Waals surface area contributed by atoms with Crippen molar-refractivity contribution in [3.63, 3.8) is 0 Å². The summed E-state index contributed by atoms with van der Waals surface area (Å²) < 4.78 is 13.1. The monoisotopic (exact) mass is 615 g/mol. The Hall–Kier alpha value is -4.23. The smallest absolute Gasteiger partial charge is 0.327 e. The van der Waals surface area contributed by atoms with Crippen LogP contribution in [0, 0.1) is 5.92 Å². The van der Waals surface area contributed by atoms with Gasteiger partial charge in [0.2, 0.25) is 5.95 Å². The molecule has 0 aliphatic heterocycles. The molecule has 1 fully saturated rings. The first-order valence-corrected chi connectivity index (χ1v) is 12.6. The third kappa shape index (κ3) is 6.47. The zero-order valence-corrected chi connectivity index (χ0v) is 23.9. The molecule has 5 atom stereocenters. The van der Waals surface area contributed by atoms with Crippen molar-refractivity contribution in [1.82, 2.24) is 19.5 Å². The van der Waals surface area contributed by atoms with E-state index in [2.05, 4.69) is 21.5 Å². The van der Waals surface area contributed by atoms with E-state index in [1.54, 1.807) is 53.1 Å². The lowest BCUT2D eigenvalue weighted by Crippen LogP contribution is -2.33. The number of nitrogens with zero attached hydrogens (tertiary/aromatic N) is 3. The molecule has 12 nitrogen and oxygen atoms in total. The number of carbonyl (C=O) groups excluding carboxylic acids is 2. The highest BCUT2D eigenvalue weighted by molar-refractivity contribution is 5.85. The lowest BCUT2D eigenvalue weighted by molar-refractivity contribution is -0.155. The lowest BCUT2D eigenvalue weighted by atomic mass is 10.0. The predicted octanol–water partition coefficient (Wildman–Crippen LogP) is 2.52. The molecule has 0 radical (unpaired) electrons. The molecule has 222 valence electrons. The number of nitrogens with one attached hydrogen (secondary N) is 1. The molecule has 4 aromatic rings. The van der Waals surface area contributed by atoms with E-state index in [1.165, 1.54) is 6.33 Å². The second kappa shape index (κ2) is 13.6. The Labute approximate surface area is 253 Å². The van der Waals surface area contributed by atoms with E-state index in [4.69, 9.17) is 26.7 Å². The number of carbonyl (C=O) groups is 2. The van der Waals surface area contributed by atoms with Crippen LogP contribution in [0.15, 0.2) is 83.9 Å². The molecular weight excluding hydrogens is 585 g/mol. The van der Waals surface area contributed by atoms with Crippen molar-refractivity contribution < 1.29 is 19.1 Å².